The minimum Gasteiger partial charge on any atom is -0.396 e. The summed E-state index contributed by atoms with van der Waals surface area (Å²) in [7, 11) is 0. The molecule has 1 aliphatic carbocycles. The van der Waals surface area contributed by atoms with Gasteiger partial charge in [0.2, 0.25) is 0 Å². The summed E-state index contributed by atoms with van der Waals surface area (Å²) in [6, 6.07) is 5.70. The van der Waals surface area contributed by atoms with Gasteiger partial charge >= 0.3 is 0 Å². The Morgan fingerprint density at radius 3 is 2.75 bits per heavy atom. The largest absolute Gasteiger partial charge is 0.396 e. The van der Waals surface area contributed by atoms with Crippen LogP contribution in [0.1, 0.15) is 41.6 Å². The summed E-state index contributed by atoms with van der Waals surface area (Å²) in [5.74, 6) is 0.703. The van der Waals surface area contributed by atoms with Crippen LogP contribution in [0, 0.1) is 18.8 Å². The maximum atomic E-state index is 12.3. The van der Waals surface area contributed by atoms with Crippen LogP contribution in [0.5, 0.6) is 0 Å². The predicted molar refractivity (Wildman–Crippen MR) is 83.7 cm³/mol. The van der Waals surface area contributed by atoms with Crippen LogP contribution in [0.15, 0.2) is 22.7 Å². The highest BCUT2D eigenvalue weighted by Crippen LogP contribution is 2.29. The topological polar surface area (TPSA) is 49.3 Å². The second-order valence-corrected chi connectivity index (χ2v) is 6.43. The van der Waals surface area contributed by atoms with Crippen LogP contribution in [-0.4, -0.2) is 24.2 Å². The molecule has 2 atom stereocenters. The average Bonchev–Trinajstić information content (AvgIpc) is 2.48. The fourth-order valence-electron chi connectivity index (χ4n) is 2.94. The van der Waals surface area contributed by atoms with E-state index in [4.69, 9.17) is 0 Å². The molecule has 1 fully saturated rings. The van der Waals surface area contributed by atoms with E-state index in [1.807, 2.05) is 25.1 Å². The molecule has 0 radical (unpaired) electrons. The van der Waals surface area contributed by atoms with E-state index in [0.29, 0.717) is 23.9 Å². The molecule has 3 nitrogen and oxygen atoms in total. The van der Waals surface area contributed by atoms with Crippen LogP contribution in [0.2, 0.25) is 0 Å². The van der Waals surface area contributed by atoms with Gasteiger partial charge in [-0.05, 0) is 59.2 Å². The standard InChI is InChI=1S/C16H22BrNO2/c1-11-5-4-8-14(15(11)17)16(20)18-9-12-6-2-3-7-13(12)10-19/h4-5,8,12-13,19H,2-3,6-7,9-10H2,1H3,(H,18,20). The fourth-order valence-corrected chi connectivity index (χ4v) is 3.38. The number of carbonyl (C=O) groups is 1. The molecule has 0 saturated heterocycles. The van der Waals surface area contributed by atoms with Crippen molar-refractivity contribution in [3.8, 4) is 0 Å². The van der Waals surface area contributed by atoms with E-state index < -0.39 is 0 Å². The second kappa shape index (κ2) is 7.23. The lowest BCUT2D eigenvalue weighted by Gasteiger charge is -2.30. The van der Waals surface area contributed by atoms with Gasteiger partial charge in [-0.3, -0.25) is 4.79 Å². The molecular weight excluding hydrogens is 318 g/mol. The first-order valence-corrected chi connectivity index (χ1v) is 8.07. The summed E-state index contributed by atoms with van der Waals surface area (Å²) in [5.41, 5.74) is 1.74. The maximum absolute atomic E-state index is 12.3. The van der Waals surface area contributed by atoms with E-state index >= 15 is 0 Å². The number of hydrogen-bond donors (Lipinski definition) is 2. The average molecular weight is 340 g/mol. The normalized spacial score (nSPS) is 22.6. The maximum Gasteiger partial charge on any atom is 0.252 e. The molecule has 0 bridgehead atoms. The van der Waals surface area contributed by atoms with Crippen molar-refractivity contribution in [1.82, 2.24) is 5.32 Å². The lowest BCUT2D eigenvalue weighted by Crippen LogP contribution is -2.35. The molecule has 2 N–H and O–H groups in total. The molecule has 0 spiro atoms. The molecule has 0 aromatic heterocycles. The molecule has 1 aromatic rings. The van der Waals surface area contributed by atoms with E-state index in [1.54, 1.807) is 0 Å². The van der Waals surface area contributed by atoms with E-state index in [-0.39, 0.29) is 12.5 Å². The Bertz CT molecular complexity index is 476. The smallest absolute Gasteiger partial charge is 0.252 e. The number of carbonyl (C=O) groups excluding carboxylic acids is 1. The Kier molecular flexibility index (Phi) is 5.61. The zero-order valence-electron chi connectivity index (χ0n) is 11.9. The number of hydrogen-bond acceptors (Lipinski definition) is 2. The zero-order valence-corrected chi connectivity index (χ0v) is 13.4. The van der Waals surface area contributed by atoms with Gasteiger partial charge in [-0.25, -0.2) is 0 Å². The molecule has 0 heterocycles. The quantitative estimate of drug-likeness (QED) is 0.884. The highest BCUT2D eigenvalue weighted by atomic mass is 79.9. The summed E-state index contributed by atoms with van der Waals surface area (Å²) in [4.78, 5) is 12.3. The van der Waals surface area contributed by atoms with Gasteiger partial charge in [0.05, 0.1) is 5.56 Å². The van der Waals surface area contributed by atoms with Gasteiger partial charge in [0.25, 0.3) is 5.91 Å². The summed E-state index contributed by atoms with van der Waals surface area (Å²) >= 11 is 3.47. The first-order valence-electron chi connectivity index (χ1n) is 7.27. The van der Waals surface area contributed by atoms with Gasteiger partial charge in [-0.1, -0.05) is 25.0 Å². The van der Waals surface area contributed by atoms with Crippen molar-refractivity contribution in [2.24, 2.45) is 11.8 Å². The third-order valence-corrected chi connectivity index (χ3v) is 5.31. The number of nitrogens with one attached hydrogen (secondary N) is 1. The fraction of sp³-hybridized carbons (Fsp3) is 0.562. The Morgan fingerprint density at radius 1 is 1.35 bits per heavy atom. The van der Waals surface area contributed by atoms with Crippen LogP contribution in [0.25, 0.3) is 0 Å². The van der Waals surface area contributed by atoms with Crippen molar-refractivity contribution in [3.63, 3.8) is 0 Å². The van der Waals surface area contributed by atoms with Crippen LogP contribution >= 0.6 is 15.9 Å². The summed E-state index contributed by atoms with van der Waals surface area (Å²) < 4.78 is 0.861. The van der Waals surface area contributed by atoms with Crippen molar-refractivity contribution < 1.29 is 9.90 Å². The number of aryl methyl sites for hydroxylation is 1. The van der Waals surface area contributed by atoms with E-state index in [2.05, 4.69) is 21.2 Å². The molecule has 0 aliphatic heterocycles. The number of rotatable bonds is 4. The van der Waals surface area contributed by atoms with Gasteiger partial charge in [0.15, 0.2) is 0 Å². The molecule has 110 valence electrons. The third-order valence-electron chi connectivity index (χ3n) is 4.26. The van der Waals surface area contributed by atoms with Gasteiger partial charge in [0.1, 0.15) is 0 Å². The van der Waals surface area contributed by atoms with E-state index in [0.717, 1.165) is 22.9 Å². The minimum atomic E-state index is -0.0390. The number of aliphatic hydroxyl groups is 1. The Morgan fingerprint density at radius 2 is 2.05 bits per heavy atom. The van der Waals surface area contributed by atoms with Crippen molar-refractivity contribution in [1.29, 1.82) is 0 Å². The number of aliphatic hydroxyl groups excluding tert-OH is 1. The molecule has 2 rings (SSSR count). The molecule has 2 unspecified atom stereocenters. The lowest BCUT2D eigenvalue weighted by molar-refractivity contribution is 0.0908. The predicted octanol–water partition coefficient (Wildman–Crippen LogP) is 3.29. The first-order chi connectivity index (χ1) is 9.63. The molecule has 1 aromatic carbocycles. The van der Waals surface area contributed by atoms with Crippen LogP contribution in [0.4, 0.5) is 0 Å². The number of benzene rings is 1. The Labute approximate surface area is 128 Å². The number of amides is 1. The Hall–Kier alpha value is -0.870. The van der Waals surface area contributed by atoms with Gasteiger partial charge in [0, 0.05) is 17.6 Å². The van der Waals surface area contributed by atoms with Crippen molar-refractivity contribution in [3.05, 3.63) is 33.8 Å². The molecule has 20 heavy (non-hydrogen) atoms. The molecule has 1 aliphatic rings. The van der Waals surface area contributed by atoms with Gasteiger partial charge in [-0.2, -0.15) is 0 Å². The van der Waals surface area contributed by atoms with E-state index in [9.17, 15) is 9.90 Å². The summed E-state index contributed by atoms with van der Waals surface area (Å²) in [6.07, 6.45) is 4.57. The van der Waals surface area contributed by atoms with Crippen LogP contribution in [0.3, 0.4) is 0 Å². The molecule has 4 heteroatoms. The molecule has 1 amide bonds. The summed E-state index contributed by atoms with van der Waals surface area (Å²) in [5, 5.41) is 12.4. The van der Waals surface area contributed by atoms with Crippen LogP contribution < -0.4 is 5.32 Å². The second-order valence-electron chi connectivity index (χ2n) is 5.63. The zero-order chi connectivity index (χ0) is 14.5. The first kappa shape index (κ1) is 15.5. The highest BCUT2D eigenvalue weighted by molar-refractivity contribution is 9.10. The number of halogens is 1. The van der Waals surface area contributed by atoms with Crippen molar-refractivity contribution in [2.45, 2.75) is 32.6 Å². The van der Waals surface area contributed by atoms with Crippen molar-refractivity contribution in [2.75, 3.05) is 13.2 Å². The summed E-state index contributed by atoms with van der Waals surface area (Å²) in [6.45, 7) is 2.86. The third kappa shape index (κ3) is 3.61. The van der Waals surface area contributed by atoms with E-state index in [1.165, 1.54) is 12.8 Å². The molecular formula is C16H22BrNO2. The highest BCUT2D eigenvalue weighted by Gasteiger charge is 2.25. The van der Waals surface area contributed by atoms with Crippen LogP contribution in [-0.2, 0) is 0 Å². The molecule has 1 saturated carbocycles. The van der Waals surface area contributed by atoms with Gasteiger partial charge < -0.3 is 10.4 Å². The van der Waals surface area contributed by atoms with Crippen molar-refractivity contribution >= 4 is 21.8 Å². The monoisotopic (exact) mass is 339 g/mol. The SMILES string of the molecule is Cc1cccc(C(=O)NCC2CCCCC2CO)c1Br. The Balaban J connectivity index is 1.96. The minimum absolute atomic E-state index is 0.0390. The lowest BCUT2D eigenvalue weighted by atomic mass is 9.79. The van der Waals surface area contributed by atoms with Gasteiger partial charge in [-0.15, -0.1) is 0 Å².